The van der Waals surface area contributed by atoms with Gasteiger partial charge < -0.3 is 14.8 Å². The van der Waals surface area contributed by atoms with Crippen molar-refractivity contribution in [2.24, 2.45) is 0 Å². The van der Waals surface area contributed by atoms with Crippen molar-refractivity contribution >= 4 is 13.2 Å². The van der Waals surface area contributed by atoms with Crippen LogP contribution in [0.1, 0.15) is 25.3 Å². The van der Waals surface area contributed by atoms with Gasteiger partial charge in [-0.15, -0.1) is 0 Å². The van der Waals surface area contributed by atoms with E-state index in [1.807, 2.05) is 25.2 Å². The number of benzene rings is 1. The number of hydrogen-bond donors (Lipinski definition) is 2. The van der Waals surface area contributed by atoms with Crippen molar-refractivity contribution in [2.75, 3.05) is 0 Å². The molecule has 1 aliphatic heterocycles. The number of phenols is 1. The average Bonchev–Trinajstić information content (AvgIpc) is 2.41. The van der Waals surface area contributed by atoms with Crippen LogP contribution in [0.5, 0.6) is 5.75 Å². The molecular formula is C15H18BFO3. The van der Waals surface area contributed by atoms with Crippen molar-refractivity contribution < 1.29 is 19.2 Å². The zero-order chi connectivity index (χ0) is 14.5. The summed E-state index contributed by atoms with van der Waals surface area (Å²) in [6, 6.07) is 4.32. The molecule has 106 valence electrons. The molecule has 0 aromatic heterocycles. The average molecular weight is 276 g/mol. The normalized spacial score (nSPS) is 19.4. The molecule has 1 heterocycles. The van der Waals surface area contributed by atoms with E-state index in [4.69, 9.17) is 9.76 Å². The summed E-state index contributed by atoms with van der Waals surface area (Å²) >= 11 is 0. The molecule has 0 saturated heterocycles. The van der Waals surface area contributed by atoms with E-state index in [1.165, 1.54) is 12.1 Å². The van der Waals surface area contributed by atoms with Crippen LogP contribution in [-0.2, 0) is 4.65 Å². The summed E-state index contributed by atoms with van der Waals surface area (Å²) in [5, 5.41) is 18.5. The lowest BCUT2D eigenvalue weighted by atomic mass is 9.82. The molecule has 0 amide bonds. The van der Waals surface area contributed by atoms with Crippen LogP contribution in [0.4, 0.5) is 4.39 Å². The van der Waals surface area contributed by atoms with E-state index in [0.29, 0.717) is 6.32 Å². The number of halogens is 1. The lowest BCUT2D eigenvalue weighted by Gasteiger charge is -2.20. The molecule has 3 nitrogen and oxygen atoms in total. The van der Waals surface area contributed by atoms with E-state index in [-0.39, 0.29) is 11.9 Å². The van der Waals surface area contributed by atoms with Crippen molar-refractivity contribution in [3.8, 4) is 5.75 Å². The third-order valence-corrected chi connectivity index (χ3v) is 3.23. The Morgan fingerprint density at radius 1 is 1.55 bits per heavy atom. The number of allylic oxidation sites excluding steroid dienone is 2. The summed E-state index contributed by atoms with van der Waals surface area (Å²) in [5.41, 5.74) is 1.81. The van der Waals surface area contributed by atoms with Crippen LogP contribution in [0.15, 0.2) is 35.9 Å². The Morgan fingerprint density at radius 3 is 3.05 bits per heavy atom. The summed E-state index contributed by atoms with van der Waals surface area (Å²) < 4.78 is 18.6. The van der Waals surface area contributed by atoms with Crippen molar-refractivity contribution in [3.63, 3.8) is 0 Å². The fraction of sp³-hybridized carbons (Fsp3) is 0.333. The van der Waals surface area contributed by atoms with E-state index in [9.17, 15) is 9.41 Å². The highest BCUT2D eigenvalue weighted by Gasteiger charge is 2.20. The largest absolute Gasteiger partial charge is 0.505 e. The van der Waals surface area contributed by atoms with Crippen LogP contribution in [0.2, 0.25) is 6.32 Å². The summed E-state index contributed by atoms with van der Waals surface area (Å²) in [6.45, 7) is 1.97. The van der Waals surface area contributed by atoms with E-state index >= 15 is 0 Å². The molecule has 0 bridgehead atoms. The van der Waals surface area contributed by atoms with Crippen LogP contribution in [-0.4, -0.2) is 23.4 Å². The van der Waals surface area contributed by atoms with Gasteiger partial charge in [-0.2, -0.15) is 0 Å². The van der Waals surface area contributed by atoms with Crippen LogP contribution in [0.3, 0.4) is 0 Å². The lowest BCUT2D eigenvalue weighted by molar-refractivity contribution is 0.192. The van der Waals surface area contributed by atoms with Gasteiger partial charge in [0.15, 0.2) is 11.6 Å². The second-order valence-electron chi connectivity index (χ2n) is 5.03. The monoisotopic (exact) mass is 276 g/mol. The third kappa shape index (κ3) is 4.22. The summed E-state index contributed by atoms with van der Waals surface area (Å²) in [5.74, 6) is -0.956. The van der Waals surface area contributed by atoms with E-state index < -0.39 is 12.9 Å². The molecule has 20 heavy (non-hydrogen) atoms. The zero-order valence-electron chi connectivity index (χ0n) is 11.4. The molecule has 0 saturated carbocycles. The number of aromatic hydroxyl groups is 1. The Kier molecular flexibility index (Phi) is 4.98. The van der Waals surface area contributed by atoms with Gasteiger partial charge >= 0.3 is 7.12 Å². The first-order valence-electron chi connectivity index (χ1n) is 6.70. The maximum atomic E-state index is 13.2. The smallest absolute Gasteiger partial charge is 0.458 e. The van der Waals surface area contributed by atoms with E-state index in [0.717, 1.165) is 24.0 Å². The first-order chi connectivity index (χ1) is 9.54. The molecule has 1 aromatic rings. The van der Waals surface area contributed by atoms with Crippen LogP contribution >= 0.6 is 0 Å². The highest BCUT2D eigenvalue weighted by Crippen LogP contribution is 2.20. The summed E-state index contributed by atoms with van der Waals surface area (Å²) in [6.07, 6.45) is 7.80. The Hall–Kier alpha value is -1.59. The SMILES string of the molecule is C/C(=C\c1ccc(O)c(F)c1)CC[C@@H]1C=CCB(O)O1. The van der Waals surface area contributed by atoms with E-state index in [2.05, 4.69) is 0 Å². The van der Waals surface area contributed by atoms with Crippen LogP contribution in [0, 0.1) is 5.82 Å². The summed E-state index contributed by atoms with van der Waals surface area (Å²) in [7, 11) is -0.708. The second kappa shape index (κ2) is 6.73. The molecule has 0 aliphatic carbocycles. The predicted molar refractivity (Wildman–Crippen MR) is 77.7 cm³/mol. The van der Waals surface area contributed by atoms with Gasteiger partial charge in [0, 0.05) is 6.32 Å². The summed E-state index contributed by atoms with van der Waals surface area (Å²) in [4.78, 5) is 0. The van der Waals surface area contributed by atoms with Crippen molar-refractivity contribution in [3.05, 3.63) is 47.3 Å². The van der Waals surface area contributed by atoms with Gasteiger partial charge in [0.25, 0.3) is 0 Å². The fourth-order valence-electron chi connectivity index (χ4n) is 2.15. The Labute approximate surface area is 118 Å². The highest BCUT2D eigenvalue weighted by molar-refractivity contribution is 6.43. The first-order valence-corrected chi connectivity index (χ1v) is 6.70. The van der Waals surface area contributed by atoms with Gasteiger partial charge in [0.2, 0.25) is 0 Å². The Morgan fingerprint density at radius 2 is 2.35 bits per heavy atom. The maximum Gasteiger partial charge on any atom is 0.458 e. The standard InChI is InChI=1S/C15H18BFO3/c1-11(4-6-13-3-2-8-16(19)20-13)9-12-5-7-15(18)14(17)10-12/h2-3,5,7,9-10,13,18-19H,4,6,8H2,1H3/b11-9+/t13-/m0/s1. The van der Waals surface area contributed by atoms with Gasteiger partial charge in [-0.3, -0.25) is 0 Å². The first kappa shape index (κ1) is 14.8. The topological polar surface area (TPSA) is 49.7 Å². The molecule has 0 unspecified atom stereocenters. The van der Waals surface area contributed by atoms with Gasteiger partial charge in [0.1, 0.15) is 0 Å². The molecule has 2 rings (SSSR count). The highest BCUT2D eigenvalue weighted by atomic mass is 19.1. The third-order valence-electron chi connectivity index (χ3n) is 3.23. The van der Waals surface area contributed by atoms with Gasteiger partial charge in [-0.1, -0.05) is 29.9 Å². The predicted octanol–water partition coefficient (Wildman–Crippen LogP) is 3.15. The van der Waals surface area contributed by atoms with Crippen molar-refractivity contribution in [1.82, 2.24) is 0 Å². The van der Waals surface area contributed by atoms with Gasteiger partial charge in [-0.25, -0.2) is 4.39 Å². The number of phenolic OH excluding ortho intramolecular Hbond substituents is 1. The van der Waals surface area contributed by atoms with Gasteiger partial charge in [-0.05, 0) is 37.5 Å². The number of hydrogen-bond acceptors (Lipinski definition) is 3. The molecule has 0 radical (unpaired) electrons. The van der Waals surface area contributed by atoms with Crippen molar-refractivity contribution in [2.45, 2.75) is 32.2 Å². The minimum absolute atomic E-state index is 0.0707. The Balaban J connectivity index is 1.92. The molecular weight excluding hydrogens is 258 g/mol. The van der Waals surface area contributed by atoms with E-state index in [1.54, 1.807) is 6.07 Å². The minimum Gasteiger partial charge on any atom is -0.505 e. The minimum atomic E-state index is -0.708. The number of rotatable bonds is 4. The van der Waals surface area contributed by atoms with Gasteiger partial charge in [0.05, 0.1) is 6.10 Å². The maximum absolute atomic E-state index is 13.2. The zero-order valence-corrected chi connectivity index (χ0v) is 11.4. The fourth-order valence-corrected chi connectivity index (χ4v) is 2.15. The molecule has 5 heteroatoms. The molecule has 1 aromatic carbocycles. The molecule has 0 spiro atoms. The molecule has 0 fully saturated rings. The van der Waals surface area contributed by atoms with Crippen LogP contribution in [0.25, 0.3) is 6.08 Å². The molecule has 2 N–H and O–H groups in total. The molecule has 1 aliphatic rings. The lowest BCUT2D eigenvalue weighted by Crippen LogP contribution is -2.27. The Bertz CT molecular complexity index is 528. The molecule has 1 atom stereocenters. The van der Waals surface area contributed by atoms with Crippen molar-refractivity contribution in [1.29, 1.82) is 0 Å². The van der Waals surface area contributed by atoms with Crippen LogP contribution < -0.4 is 0 Å². The quantitative estimate of drug-likeness (QED) is 0.656. The second-order valence-corrected chi connectivity index (χ2v) is 5.03.